The zero-order chi connectivity index (χ0) is 15.5. The molecule has 0 aromatic heterocycles. The smallest absolute Gasteiger partial charge is 0.328 e. The second-order valence-electron chi connectivity index (χ2n) is 6.15. The van der Waals surface area contributed by atoms with E-state index in [4.69, 9.17) is 4.74 Å². The molecule has 1 atom stereocenters. The van der Waals surface area contributed by atoms with Crippen LogP contribution in [0.2, 0.25) is 0 Å². The van der Waals surface area contributed by atoms with E-state index >= 15 is 0 Å². The van der Waals surface area contributed by atoms with Gasteiger partial charge in [-0.15, -0.1) is 0 Å². The summed E-state index contributed by atoms with van der Waals surface area (Å²) in [6, 6.07) is -0.525. The summed E-state index contributed by atoms with van der Waals surface area (Å²) in [6.45, 7) is 4.38. The lowest BCUT2D eigenvalue weighted by Gasteiger charge is -2.25. The van der Waals surface area contributed by atoms with Crippen LogP contribution in [0.3, 0.4) is 0 Å². The molecule has 0 saturated heterocycles. The van der Waals surface area contributed by atoms with Gasteiger partial charge in [-0.2, -0.15) is 0 Å². The Morgan fingerprint density at radius 1 is 1.10 bits per heavy atom. The summed E-state index contributed by atoms with van der Waals surface area (Å²) in [5, 5.41) is 2.74. The average molecular weight is 297 g/mol. The van der Waals surface area contributed by atoms with Crippen LogP contribution in [0.5, 0.6) is 0 Å². The van der Waals surface area contributed by atoms with Gasteiger partial charge >= 0.3 is 5.97 Å². The fourth-order valence-electron chi connectivity index (χ4n) is 2.42. The Bertz CT molecular complexity index is 313. The Labute approximate surface area is 129 Å². The summed E-state index contributed by atoms with van der Waals surface area (Å²) >= 11 is 0. The highest BCUT2D eigenvalue weighted by atomic mass is 16.5. The fraction of sp³-hybridized carbons (Fsp3) is 0.882. The quantitative estimate of drug-likeness (QED) is 0.468. The molecule has 0 unspecified atom stereocenters. The third kappa shape index (κ3) is 7.49. The van der Waals surface area contributed by atoms with E-state index in [2.05, 4.69) is 12.2 Å². The SMILES string of the molecule is CCCCCCCCCOC(=O)[C@H](C)NC(=O)C1CCC1. The van der Waals surface area contributed by atoms with Crippen LogP contribution in [0.25, 0.3) is 0 Å². The van der Waals surface area contributed by atoms with Crippen LogP contribution in [0.4, 0.5) is 0 Å². The molecule has 1 rings (SSSR count). The van der Waals surface area contributed by atoms with E-state index in [-0.39, 0.29) is 17.8 Å². The standard InChI is InChI=1S/C17H31NO3/c1-3-4-5-6-7-8-9-13-21-17(20)14(2)18-16(19)15-11-10-12-15/h14-15H,3-13H2,1-2H3,(H,18,19)/t14-/m0/s1. The van der Waals surface area contributed by atoms with Crippen LogP contribution in [0.1, 0.15) is 78.1 Å². The van der Waals surface area contributed by atoms with Gasteiger partial charge in [-0.1, -0.05) is 51.9 Å². The maximum Gasteiger partial charge on any atom is 0.328 e. The van der Waals surface area contributed by atoms with Crippen LogP contribution >= 0.6 is 0 Å². The summed E-state index contributed by atoms with van der Waals surface area (Å²) in [7, 11) is 0. The van der Waals surface area contributed by atoms with Crippen molar-refractivity contribution in [3.8, 4) is 0 Å². The van der Waals surface area contributed by atoms with Crippen LogP contribution in [-0.4, -0.2) is 24.5 Å². The summed E-state index contributed by atoms with van der Waals surface area (Å²) in [6.07, 6.45) is 11.4. The molecule has 0 bridgehead atoms. The molecule has 1 fully saturated rings. The Morgan fingerprint density at radius 3 is 2.29 bits per heavy atom. The topological polar surface area (TPSA) is 55.4 Å². The minimum absolute atomic E-state index is 0.00150. The van der Waals surface area contributed by atoms with Gasteiger partial charge in [-0.3, -0.25) is 4.79 Å². The van der Waals surface area contributed by atoms with Crippen molar-refractivity contribution in [2.75, 3.05) is 6.61 Å². The number of esters is 1. The van der Waals surface area contributed by atoms with Crippen LogP contribution in [-0.2, 0) is 14.3 Å². The van der Waals surface area contributed by atoms with Crippen molar-refractivity contribution in [1.29, 1.82) is 0 Å². The van der Waals surface area contributed by atoms with Crippen LogP contribution in [0, 0.1) is 5.92 Å². The monoisotopic (exact) mass is 297 g/mol. The molecule has 0 spiro atoms. The largest absolute Gasteiger partial charge is 0.464 e. The predicted molar refractivity (Wildman–Crippen MR) is 83.9 cm³/mol. The van der Waals surface area contributed by atoms with E-state index < -0.39 is 6.04 Å². The number of amides is 1. The highest BCUT2D eigenvalue weighted by Crippen LogP contribution is 2.26. The van der Waals surface area contributed by atoms with Gasteiger partial charge in [0.15, 0.2) is 0 Å². The van der Waals surface area contributed by atoms with E-state index in [0.717, 1.165) is 32.1 Å². The van der Waals surface area contributed by atoms with E-state index in [1.165, 1.54) is 32.1 Å². The predicted octanol–water partition coefficient (Wildman–Crippen LogP) is 3.59. The molecule has 122 valence electrons. The maximum absolute atomic E-state index is 11.7. The van der Waals surface area contributed by atoms with Crippen molar-refractivity contribution in [1.82, 2.24) is 5.32 Å². The van der Waals surface area contributed by atoms with Crippen molar-refractivity contribution in [3.63, 3.8) is 0 Å². The number of rotatable bonds is 11. The molecule has 1 aliphatic rings. The number of hydrogen-bond donors (Lipinski definition) is 1. The first-order valence-electron chi connectivity index (χ1n) is 8.62. The average Bonchev–Trinajstić information content (AvgIpc) is 2.39. The van der Waals surface area contributed by atoms with Gasteiger partial charge in [-0.25, -0.2) is 4.79 Å². The van der Waals surface area contributed by atoms with Crippen molar-refractivity contribution in [2.45, 2.75) is 84.1 Å². The van der Waals surface area contributed by atoms with E-state index in [0.29, 0.717) is 6.61 Å². The number of carbonyl (C=O) groups is 2. The van der Waals surface area contributed by atoms with Crippen molar-refractivity contribution >= 4 is 11.9 Å². The molecular weight excluding hydrogens is 266 g/mol. The Kier molecular flexibility index (Phi) is 9.11. The number of unbranched alkanes of at least 4 members (excludes halogenated alkanes) is 6. The molecule has 1 N–H and O–H groups in total. The molecule has 4 nitrogen and oxygen atoms in total. The lowest BCUT2D eigenvalue weighted by molar-refractivity contribution is -0.148. The molecule has 0 aliphatic heterocycles. The number of nitrogens with one attached hydrogen (secondary N) is 1. The van der Waals surface area contributed by atoms with Gasteiger partial charge in [0.25, 0.3) is 0 Å². The van der Waals surface area contributed by atoms with E-state index in [1.807, 2.05) is 0 Å². The first-order valence-corrected chi connectivity index (χ1v) is 8.62. The number of carbonyl (C=O) groups excluding carboxylic acids is 2. The Balaban J connectivity index is 1.98. The summed E-state index contributed by atoms with van der Waals surface area (Å²) < 4.78 is 5.21. The molecular formula is C17H31NO3. The molecule has 21 heavy (non-hydrogen) atoms. The van der Waals surface area contributed by atoms with Crippen LogP contribution < -0.4 is 5.32 Å². The third-order valence-electron chi connectivity index (χ3n) is 4.18. The Morgan fingerprint density at radius 2 is 1.71 bits per heavy atom. The second-order valence-corrected chi connectivity index (χ2v) is 6.15. The molecule has 0 radical (unpaired) electrons. The second kappa shape index (κ2) is 10.6. The normalized spacial score (nSPS) is 16.1. The highest BCUT2D eigenvalue weighted by Gasteiger charge is 2.27. The van der Waals surface area contributed by atoms with E-state index in [1.54, 1.807) is 6.92 Å². The molecule has 1 saturated carbocycles. The van der Waals surface area contributed by atoms with Gasteiger partial charge in [0.1, 0.15) is 6.04 Å². The molecule has 0 aromatic carbocycles. The molecule has 1 aliphatic carbocycles. The molecule has 0 aromatic rings. The van der Waals surface area contributed by atoms with Gasteiger partial charge in [0, 0.05) is 5.92 Å². The minimum Gasteiger partial charge on any atom is -0.464 e. The first kappa shape index (κ1) is 18.0. The van der Waals surface area contributed by atoms with Gasteiger partial charge in [0.05, 0.1) is 6.61 Å². The van der Waals surface area contributed by atoms with Gasteiger partial charge in [0.2, 0.25) is 5.91 Å². The fourth-order valence-corrected chi connectivity index (χ4v) is 2.42. The van der Waals surface area contributed by atoms with Crippen LogP contribution in [0.15, 0.2) is 0 Å². The van der Waals surface area contributed by atoms with Gasteiger partial charge in [-0.05, 0) is 26.2 Å². The van der Waals surface area contributed by atoms with Crippen molar-refractivity contribution in [3.05, 3.63) is 0 Å². The highest BCUT2D eigenvalue weighted by molar-refractivity contribution is 5.85. The molecule has 0 heterocycles. The van der Waals surface area contributed by atoms with Crippen molar-refractivity contribution in [2.24, 2.45) is 5.92 Å². The molecule has 4 heteroatoms. The van der Waals surface area contributed by atoms with Crippen molar-refractivity contribution < 1.29 is 14.3 Å². The zero-order valence-corrected chi connectivity index (χ0v) is 13.7. The molecule has 1 amide bonds. The van der Waals surface area contributed by atoms with E-state index in [9.17, 15) is 9.59 Å². The Hall–Kier alpha value is -1.06. The zero-order valence-electron chi connectivity index (χ0n) is 13.7. The minimum atomic E-state index is -0.525. The lowest BCUT2D eigenvalue weighted by atomic mass is 9.84. The first-order chi connectivity index (χ1) is 10.1. The van der Waals surface area contributed by atoms with Gasteiger partial charge < -0.3 is 10.1 Å². The lowest BCUT2D eigenvalue weighted by Crippen LogP contribution is -2.44. The maximum atomic E-state index is 11.7. The number of hydrogen-bond acceptors (Lipinski definition) is 3. The number of ether oxygens (including phenoxy) is 1. The summed E-state index contributed by atoms with van der Waals surface area (Å²) in [5.74, 6) is -0.196. The third-order valence-corrected chi connectivity index (χ3v) is 4.18. The summed E-state index contributed by atoms with van der Waals surface area (Å²) in [4.78, 5) is 23.5. The summed E-state index contributed by atoms with van der Waals surface area (Å²) in [5.41, 5.74) is 0.